The molecule has 0 spiro atoms. The minimum Gasteiger partial charge on any atom is -0.381 e. The van der Waals surface area contributed by atoms with Gasteiger partial charge in [-0.25, -0.2) is 0 Å². The molecule has 0 aliphatic rings. The van der Waals surface area contributed by atoms with E-state index in [1.165, 1.54) is 11.1 Å². The molecule has 0 saturated carbocycles. The maximum atomic E-state index is 12.1. The molecule has 0 aliphatic carbocycles. The van der Waals surface area contributed by atoms with Crippen molar-refractivity contribution in [2.45, 2.75) is 13.5 Å². The molecule has 3 nitrogen and oxygen atoms in total. The zero-order valence-electron chi connectivity index (χ0n) is 13.6. The first-order valence-corrected chi connectivity index (χ1v) is 7.97. The van der Waals surface area contributed by atoms with Gasteiger partial charge in [0, 0.05) is 23.5 Å². The first-order valence-electron chi connectivity index (χ1n) is 7.97. The smallest absolute Gasteiger partial charge is 0.255 e. The van der Waals surface area contributed by atoms with E-state index in [4.69, 9.17) is 0 Å². The molecular formula is C21H20N2O. The Balaban J connectivity index is 1.59. The van der Waals surface area contributed by atoms with Crippen LogP contribution in [0.3, 0.4) is 0 Å². The molecule has 0 heterocycles. The van der Waals surface area contributed by atoms with Crippen molar-refractivity contribution >= 4 is 17.3 Å². The van der Waals surface area contributed by atoms with Crippen LogP contribution in [0.15, 0.2) is 78.9 Å². The van der Waals surface area contributed by atoms with E-state index >= 15 is 0 Å². The van der Waals surface area contributed by atoms with Gasteiger partial charge in [-0.1, -0.05) is 42.5 Å². The van der Waals surface area contributed by atoms with E-state index in [0.29, 0.717) is 5.56 Å². The SMILES string of the molecule is Cc1ccccc1CNc1ccc(NC(=O)c2ccccc2)cc1. The van der Waals surface area contributed by atoms with Gasteiger partial charge in [0.25, 0.3) is 5.91 Å². The molecule has 1 amide bonds. The molecule has 0 radical (unpaired) electrons. The molecular weight excluding hydrogens is 296 g/mol. The number of carbonyl (C=O) groups is 1. The van der Waals surface area contributed by atoms with Crippen molar-refractivity contribution in [1.29, 1.82) is 0 Å². The number of anilines is 2. The Morgan fingerprint density at radius 3 is 2.12 bits per heavy atom. The summed E-state index contributed by atoms with van der Waals surface area (Å²) in [7, 11) is 0. The van der Waals surface area contributed by atoms with Gasteiger partial charge in [0.05, 0.1) is 0 Å². The Kier molecular flexibility index (Phi) is 4.92. The lowest BCUT2D eigenvalue weighted by Gasteiger charge is -2.10. The van der Waals surface area contributed by atoms with E-state index in [1.54, 1.807) is 12.1 Å². The highest BCUT2D eigenvalue weighted by molar-refractivity contribution is 6.04. The molecule has 0 atom stereocenters. The van der Waals surface area contributed by atoms with Crippen LogP contribution in [0.4, 0.5) is 11.4 Å². The molecule has 0 bridgehead atoms. The first-order chi connectivity index (χ1) is 11.7. The van der Waals surface area contributed by atoms with Crippen molar-refractivity contribution in [2.24, 2.45) is 0 Å². The van der Waals surface area contributed by atoms with Gasteiger partial charge in [0.15, 0.2) is 0 Å². The molecule has 3 rings (SSSR count). The Morgan fingerprint density at radius 1 is 0.792 bits per heavy atom. The van der Waals surface area contributed by atoms with Crippen molar-refractivity contribution in [3.05, 3.63) is 95.6 Å². The van der Waals surface area contributed by atoms with Crippen molar-refractivity contribution in [1.82, 2.24) is 0 Å². The topological polar surface area (TPSA) is 41.1 Å². The molecule has 3 heteroatoms. The van der Waals surface area contributed by atoms with Crippen molar-refractivity contribution in [2.75, 3.05) is 10.6 Å². The van der Waals surface area contributed by atoms with Crippen molar-refractivity contribution in [3.63, 3.8) is 0 Å². The summed E-state index contributed by atoms with van der Waals surface area (Å²) in [5.74, 6) is -0.101. The van der Waals surface area contributed by atoms with E-state index in [0.717, 1.165) is 17.9 Å². The number of hydrogen-bond acceptors (Lipinski definition) is 2. The summed E-state index contributed by atoms with van der Waals surface area (Å²) < 4.78 is 0. The Morgan fingerprint density at radius 2 is 1.42 bits per heavy atom. The number of hydrogen-bond donors (Lipinski definition) is 2. The van der Waals surface area contributed by atoms with Gasteiger partial charge in [-0.05, 0) is 54.4 Å². The highest BCUT2D eigenvalue weighted by atomic mass is 16.1. The third-order valence-corrected chi connectivity index (χ3v) is 3.92. The molecule has 3 aromatic carbocycles. The zero-order chi connectivity index (χ0) is 16.8. The number of amides is 1. The number of rotatable bonds is 5. The molecule has 2 N–H and O–H groups in total. The molecule has 3 aromatic rings. The molecule has 0 aliphatic heterocycles. The van der Waals surface area contributed by atoms with Crippen LogP contribution in [0.1, 0.15) is 21.5 Å². The summed E-state index contributed by atoms with van der Waals surface area (Å²) in [5.41, 5.74) is 5.01. The predicted molar refractivity (Wildman–Crippen MR) is 99.3 cm³/mol. The van der Waals surface area contributed by atoms with Crippen LogP contribution in [-0.4, -0.2) is 5.91 Å². The van der Waals surface area contributed by atoms with Gasteiger partial charge >= 0.3 is 0 Å². The summed E-state index contributed by atoms with van der Waals surface area (Å²) in [4.78, 5) is 12.1. The van der Waals surface area contributed by atoms with Crippen LogP contribution < -0.4 is 10.6 Å². The van der Waals surface area contributed by atoms with Crippen LogP contribution in [-0.2, 0) is 6.54 Å². The number of benzene rings is 3. The van der Waals surface area contributed by atoms with E-state index in [-0.39, 0.29) is 5.91 Å². The van der Waals surface area contributed by atoms with Crippen molar-refractivity contribution < 1.29 is 4.79 Å². The summed E-state index contributed by atoms with van der Waals surface area (Å²) in [6.45, 7) is 2.89. The Labute approximate surface area is 142 Å². The average molecular weight is 316 g/mol. The molecule has 0 aromatic heterocycles. The van der Waals surface area contributed by atoms with E-state index in [2.05, 4.69) is 29.7 Å². The van der Waals surface area contributed by atoms with E-state index < -0.39 is 0 Å². The van der Waals surface area contributed by atoms with Crippen LogP contribution in [0.5, 0.6) is 0 Å². The van der Waals surface area contributed by atoms with E-state index in [1.807, 2.05) is 54.6 Å². The lowest BCUT2D eigenvalue weighted by atomic mass is 10.1. The Hall–Kier alpha value is -3.07. The lowest BCUT2D eigenvalue weighted by molar-refractivity contribution is 0.102. The first kappa shape index (κ1) is 15.8. The average Bonchev–Trinajstić information content (AvgIpc) is 2.63. The van der Waals surface area contributed by atoms with Crippen LogP contribution in [0.25, 0.3) is 0 Å². The molecule has 24 heavy (non-hydrogen) atoms. The number of nitrogens with one attached hydrogen (secondary N) is 2. The normalized spacial score (nSPS) is 10.2. The second-order valence-electron chi connectivity index (χ2n) is 5.68. The monoisotopic (exact) mass is 316 g/mol. The minimum atomic E-state index is -0.101. The summed E-state index contributed by atoms with van der Waals surface area (Å²) in [6.07, 6.45) is 0. The van der Waals surface area contributed by atoms with Crippen molar-refractivity contribution in [3.8, 4) is 0 Å². The van der Waals surface area contributed by atoms with Gasteiger partial charge in [0.1, 0.15) is 0 Å². The molecule has 0 unspecified atom stereocenters. The summed E-state index contributed by atoms with van der Waals surface area (Å²) in [6, 6.07) is 25.3. The maximum absolute atomic E-state index is 12.1. The second-order valence-corrected chi connectivity index (χ2v) is 5.68. The molecule has 120 valence electrons. The summed E-state index contributed by atoms with van der Waals surface area (Å²) >= 11 is 0. The molecule has 0 fully saturated rings. The Bertz CT molecular complexity index is 811. The van der Waals surface area contributed by atoms with E-state index in [9.17, 15) is 4.79 Å². The molecule has 0 saturated heterocycles. The fourth-order valence-corrected chi connectivity index (χ4v) is 2.47. The summed E-state index contributed by atoms with van der Waals surface area (Å²) in [5, 5.41) is 6.30. The van der Waals surface area contributed by atoms with Gasteiger partial charge in [-0.2, -0.15) is 0 Å². The second kappa shape index (κ2) is 7.47. The maximum Gasteiger partial charge on any atom is 0.255 e. The van der Waals surface area contributed by atoms with Gasteiger partial charge in [0.2, 0.25) is 0 Å². The van der Waals surface area contributed by atoms with Crippen LogP contribution in [0, 0.1) is 6.92 Å². The third kappa shape index (κ3) is 4.02. The third-order valence-electron chi connectivity index (χ3n) is 3.92. The number of aryl methyl sites for hydroxylation is 1. The van der Waals surface area contributed by atoms with Gasteiger partial charge in [-0.3, -0.25) is 4.79 Å². The van der Waals surface area contributed by atoms with Crippen LogP contribution in [0.2, 0.25) is 0 Å². The highest BCUT2D eigenvalue weighted by Gasteiger charge is 2.05. The predicted octanol–water partition coefficient (Wildman–Crippen LogP) is 4.86. The van der Waals surface area contributed by atoms with Gasteiger partial charge < -0.3 is 10.6 Å². The highest BCUT2D eigenvalue weighted by Crippen LogP contribution is 2.16. The fraction of sp³-hybridized carbons (Fsp3) is 0.0952. The lowest BCUT2D eigenvalue weighted by Crippen LogP contribution is -2.11. The largest absolute Gasteiger partial charge is 0.381 e. The van der Waals surface area contributed by atoms with Gasteiger partial charge in [-0.15, -0.1) is 0 Å². The quantitative estimate of drug-likeness (QED) is 0.706. The van der Waals surface area contributed by atoms with Crippen LogP contribution >= 0.6 is 0 Å². The standard InChI is InChI=1S/C21H20N2O/c1-16-7-5-6-10-18(16)15-22-19-11-13-20(14-12-19)23-21(24)17-8-3-2-4-9-17/h2-14,22H,15H2,1H3,(H,23,24). The zero-order valence-corrected chi connectivity index (χ0v) is 13.6. The fourth-order valence-electron chi connectivity index (χ4n) is 2.47. The minimum absolute atomic E-state index is 0.101. The number of carbonyl (C=O) groups excluding carboxylic acids is 1.